The van der Waals surface area contributed by atoms with E-state index in [0.29, 0.717) is 5.92 Å². The number of ether oxygens (including phenoxy) is 1. The van der Waals surface area contributed by atoms with E-state index in [4.69, 9.17) is 10.5 Å². The first kappa shape index (κ1) is 17.0. The highest BCUT2D eigenvalue weighted by atomic mass is 16.5. The van der Waals surface area contributed by atoms with Gasteiger partial charge in [0, 0.05) is 0 Å². The minimum atomic E-state index is 0.642. The third-order valence-electron chi connectivity index (χ3n) is 3.84. The highest BCUT2D eigenvalue weighted by molar-refractivity contribution is 5.43. The van der Waals surface area contributed by atoms with Gasteiger partial charge in [0.25, 0.3) is 0 Å². The molecule has 0 aliphatic rings. The highest BCUT2D eigenvalue weighted by Crippen LogP contribution is 2.33. The molecule has 0 aliphatic heterocycles. The van der Waals surface area contributed by atoms with Crippen LogP contribution < -0.4 is 10.5 Å². The van der Waals surface area contributed by atoms with Crippen molar-refractivity contribution in [1.29, 1.82) is 0 Å². The van der Waals surface area contributed by atoms with Gasteiger partial charge < -0.3 is 10.5 Å². The molecule has 0 amide bonds. The lowest BCUT2D eigenvalue weighted by atomic mass is 9.84. The van der Waals surface area contributed by atoms with Crippen LogP contribution in [0.15, 0.2) is 12.1 Å². The first-order valence-corrected chi connectivity index (χ1v) is 8.08. The maximum Gasteiger partial charge on any atom is 0.119 e. The Morgan fingerprint density at radius 1 is 1.05 bits per heavy atom. The van der Waals surface area contributed by atoms with Gasteiger partial charge in [0.15, 0.2) is 0 Å². The number of rotatable bonds is 9. The van der Waals surface area contributed by atoms with Gasteiger partial charge in [-0.05, 0) is 80.8 Å². The maximum absolute atomic E-state index is 5.77. The molecule has 114 valence electrons. The van der Waals surface area contributed by atoms with E-state index in [2.05, 4.69) is 39.8 Å². The number of aryl methyl sites for hydroxylation is 2. The Hall–Kier alpha value is -1.02. The van der Waals surface area contributed by atoms with Gasteiger partial charge in [-0.25, -0.2) is 0 Å². The van der Waals surface area contributed by atoms with Crippen LogP contribution >= 0.6 is 0 Å². The van der Waals surface area contributed by atoms with E-state index in [1.165, 1.54) is 36.0 Å². The quantitative estimate of drug-likeness (QED) is 0.709. The molecule has 1 aromatic carbocycles. The molecule has 0 fully saturated rings. The van der Waals surface area contributed by atoms with Crippen LogP contribution in [0, 0.1) is 13.8 Å². The summed E-state index contributed by atoms with van der Waals surface area (Å²) in [5.74, 6) is 1.66. The molecule has 0 heterocycles. The van der Waals surface area contributed by atoms with Crippen molar-refractivity contribution in [1.82, 2.24) is 0 Å². The van der Waals surface area contributed by atoms with Crippen LogP contribution in [0.5, 0.6) is 5.75 Å². The molecule has 1 rings (SSSR count). The summed E-state index contributed by atoms with van der Waals surface area (Å²) in [7, 11) is 0. The van der Waals surface area contributed by atoms with E-state index in [-0.39, 0.29) is 0 Å². The Balaban J connectivity index is 2.96. The third-order valence-corrected chi connectivity index (χ3v) is 3.84. The SMILES string of the molecule is CCCOc1cc(C)c(C(CCC)CCCN)c(C)c1. The van der Waals surface area contributed by atoms with Crippen molar-refractivity contribution in [2.45, 2.75) is 65.7 Å². The van der Waals surface area contributed by atoms with Gasteiger partial charge in [-0.3, -0.25) is 0 Å². The predicted octanol–water partition coefficient (Wildman–Crippen LogP) is 4.71. The maximum atomic E-state index is 5.77. The molecule has 0 spiro atoms. The predicted molar refractivity (Wildman–Crippen MR) is 87.6 cm³/mol. The second-order valence-corrected chi connectivity index (χ2v) is 5.74. The summed E-state index contributed by atoms with van der Waals surface area (Å²) in [6.45, 7) is 10.4. The van der Waals surface area contributed by atoms with Crippen molar-refractivity contribution in [3.05, 3.63) is 28.8 Å². The van der Waals surface area contributed by atoms with Crippen molar-refractivity contribution < 1.29 is 4.74 Å². The summed E-state index contributed by atoms with van der Waals surface area (Å²) in [5.41, 5.74) is 9.94. The van der Waals surface area contributed by atoms with E-state index < -0.39 is 0 Å². The zero-order valence-electron chi connectivity index (χ0n) is 13.7. The van der Waals surface area contributed by atoms with Crippen molar-refractivity contribution in [2.75, 3.05) is 13.2 Å². The molecule has 2 N–H and O–H groups in total. The molecule has 1 atom stereocenters. The molecule has 2 heteroatoms. The van der Waals surface area contributed by atoms with Gasteiger partial charge >= 0.3 is 0 Å². The largest absolute Gasteiger partial charge is 0.494 e. The Kier molecular flexibility index (Phi) is 7.68. The Morgan fingerprint density at radius 2 is 1.70 bits per heavy atom. The molecular formula is C18H31NO. The normalized spacial score (nSPS) is 12.4. The minimum absolute atomic E-state index is 0.642. The van der Waals surface area contributed by atoms with Gasteiger partial charge in [0.1, 0.15) is 5.75 Å². The van der Waals surface area contributed by atoms with Crippen molar-refractivity contribution in [3.63, 3.8) is 0 Å². The van der Waals surface area contributed by atoms with Crippen LogP contribution in [-0.2, 0) is 0 Å². The Labute approximate surface area is 124 Å². The summed E-state index contributed by atoms with van der Waals surface area (Å²) >= 11 is 0. The van der Waals surface area contributed by atoms with E-state index in [9.17, 15) is 0 Å². The average Bonchev–Trinajstić information content (AvgIpc) is 2.41. The number of nitrogens with two attached hydrogens (primary N) is 1. The van der Waals surface area contributed by atoms with Crippen molar-refractivity contribution in [3.8, 4) is 5.75 Å². The first-order chi connectivity index (χ1) is 9.63. The Morgan fingerprint density at radius 3 is 2.20 bits per heavy atom. The van der Waals surface area contributed by atoms with E-state index >= 15 is 0 Å². The molecule has 0 aromatic heterocycles. The smallest absolute Gasteiger partial charge is 0.119 e. The van der Waals surface area contributed by atoms with E-state index in [1.54, 1.807) is 0 Å². The lowest BCUT2D eigenvalue weighted by Crippen LogP contribution is -2.08. The summed E-state index contributed by atoms with van der Waals surface area (Å²) < 4.78 is 5.77. The van der Waals surface area contributed by atoms with Crippen LogP contribution in [0.25, 0.3) is 0 Å². The second kappa shape index (κ2) is 9.02. The van der Waals surface area contributed by atoms with Gasteiger partial charge in [-0.2, -0.15) is 0 Å². The summed E-state index contributed by atoms with van der Waals surface area (Å²) in [4.78, 5) is 0. The molecule has 1 aromatic rings. The zero-order valence-corrected chi connectivity index (χ0v) is 13.7. The lowest BCUT2D eigenvalue weighted by molar-refractivity contribution is 0.317. The molecule has 0 saturated carbocycles. The molecule has 0 bridgehead atoms. The van der Waals surface area contributed by atoms with Gasteiger partial charge in [-0.1, -0.05) is 20.3 Å². The summed E-state index contributed by atoms with van der Waals surface area (Å²) in [6, 6.07) is 4.40. The monoisotopic (exact) mass is 277 g/mol. The standard InChI is InChI=1S/C18H31NO/c1-5-8-16(9-7-10-19)18-14(3)12-17(13-15(18)4)20-11-6-2/h12-13,16H,5-11,19H2,1-4H3. The molecule has 1 unspecified atom stereocenters. The van der Waals surface area contributed by atoms with Crippen LogP contribution in [0.3, 0.4) is 0 Å². The van der Waals surface area contributed by atoms with Crippen LogP contribution in [0.1, 0.15) is 68.6 Å². The van der Waals surface area contributed by atoms with Crippen LogP contribution in [0.2, 0.25) is 0 Å². The highest BCUT2D eigenvalue weighted by Gasteiger charge is 2.16. The van der Waals surface area contributed by atoms with Gasteiger partial charge in [0.2, 0.25) is 0 Å². The average molecular weight is 277 g/mol. The number of hydrogen-bond acceptors (Lipinski definition) is 2. The molecule has 2 nitrogen and oxygen atoms in total. The van der Waals surface area contributed by atoms with Gasteiger partial charge in [-0.15, -0.1) is 0 Å². The molecule has 0 radical (unpaired) electrons. The lowest BCUT2D eigenvalue weighted by Gasteiger charge is -2.22. The molecule has 0 saturated heterocycles. The van der Waals surface area contributed by atoms with Crippen molar-refractivity contribution in [2.24, 2.45) is 5.73 Å². The Bertz CT molecular complexity index is 377. The third kappa shape index (κ3) is 4.82. The minimum Gasteiger partial charge on any atom is -0.494 e. The van der Waals surface area contributed by atoms with Crippen molar-refractivity contribution >= 4 is 0 Å². The second-order valence-electron chi connectivity index (χ2n) is 5.74. The summed E-state index contributed by atoms with van der Waals surface area (Å²) in [5, 5.41) is 0. The zero-order chi connectivity index (χ0) is 15.0. The fraction of sp³-hybridized carbons (Fsp3) is 0.667. The summed E-state index contributed by atoms with van der Waals surface area (Å²) in [6.07, 6.45) is 5.83. The molecular weight excluding hydrogens is 246 g/mol. The van der Waals surface area contributed by atoms with E-state index in [0.717, 1.165) is 31.7 Å². The first-order valence-electron chi connectivity index (χ1n) is 8.08. The van der Waals surface area contributed by atoms with Crippen LogP contribution in [0.4, 0.5) is 0 Å². The topological polar surface area (TPSA) is 35.2 Å². The number of hydrogen-bond donors (Lipinski definition) is 1. The van der Waals surface area contributed by atoms with Gasteiger partial charge in [0.05, 0.1) is 6.61 Å². The fourth-order valence-electron chi connectivity index (χ4n) is 3.03. The fourth-order valence-corrected chi connectivity index (χ4v) is 3.03. The van der Waals surface area contributed by atoms with Crippen LogP contribution in [-0.4, -0.2) is 13.2 Å². The molecule has 20 heavy (non-hydrogen) atoms. The molecule has 0 aliphatic carbocycles. The van der Waals surface area contributed by atoms with E-state index in [1.807, 2.05) is 0 Å². The number of benzene rings is 1.